The van der Waals surface area contributed by atoms with E-state index in [4.69, 9.17) is 11.6 Å². The zero-order chi connectivity index (χ0) is 10.8. The van der Waals surface area contributed by atoms with Crippen LogP contribution in [0, 0.1) is 3.57 Å². The van der Waals surface area contributed by atoms with Crippen molar-refractivity contribution in [1.82, 2.24) is 15.0 Å². The van der Waals surface area contributed by atoms with Gasteiger partial charge in [0.15, 0.2) is 6.29 Å². The van der Waals surface area contributed by atoms with Crippen molar-refractivity contribution < 1.29 is 4.79 Å². The number of benzene rings is 1. The fourth-order valence-corrected chi connectivity index (χ4v) is 2.23. The summed E-state index contributed by atoms with van der Waals surface area (Å²) >= 11 is 7.98. The molecule has 0 N–H and O–H groups in total. The Bertz CT molecular complexity index is 512. The smallest absolute Gasteiger partial charge is 0.171 e. The van der Waals surface area contributed by atoms with Crippen molar-refractivity contribution in [1.29, 1.82) is 0 Å². The molecule has 0 fully saturated rings. The molecule has 0 aliphatic rings. The fourth-order valence-electron chi connectivity index (χ4n) is 1.12. The van der Waals surface area contributed by atoms with E-state index in [0.29, 0.717) is 17.0 Å². The van der Waals surface area contributed by atoms with Gasteiger partial charge in [0.1, 0.15) is 5.69 Å². The molecule has 2 aromatic rings. The first kappa shape index (κ1) is 10.6. The van der Waals surface area contributed by atoms with Gasteiger partial charge in [-0.05, 0) is 40.8 Å². The lowest BCUT2D eigenvalue weighted by Crippen LogP contribution is -1.97. The van der Waals surface area contributed by atoms with Gasteiger partial charge in [0.05, 0.1) is 11.9 Å². The molecule has 76 valence electrons. The molecule has 0 spiro atoms. The van der Waals surface area contributed by atoms with E-state index in [9.17, 15) is 4.79 Å². The molecular formula is C9H5ClIN3O. The van der Waals surface area contributed by atoms with Crippen LogP contribution < -0.4 is 0 Å². The highest BCUT2D eigenvalue weighted by atomic mass is 127. The molecule has 6 heteroatoms. The first-order valence-corrected chi connectivity index (χ1v) is 5.49. The van der Waals surface area contributed by atoms with E-state index in [2.05, 4.69) is 32.9 Å². The molecule has 0 bridgehead atoms. The van der Waals surface area contributed by atoms with E-state index in [0.717, 1.165) is 9.26 Å². The molecular weight excluding hydrogens is 328 g/mol. The number of hydrogen-bond acceptors (Lipinski definition) is 3. The number of aromatic nitrogens is 3. The summed E-state index contributed by atoms with van der Waals surface area (Å²) in [5, 5.41) is 8.18. The first-order valence-electron chi connectivity index (χ1n) is 4.03. The van der Waals surface area contributed by atoms with E-state index in [1.807, 2.05) is 12.1 Å². The van der Waals surface area contributed by atoms with E-state index in [1.54, 1.807) is 16.9 Å². The summed E-state index contributed by atoms with van der Waals surface area (Å²) in [6, 6.07) is 5.41. The summed E-state index contributed by atoms with van der Waals surface area (Å²) in [5.41, 5.74) is 1.15. The zero-order valence-electron chi connectivity index (χ0n) is 7.39. The van der Waals surface area contributed by atoms with Gasteiger partial charge in [-0.15, -0.1) is 5.10 Å². The van der Waals surface area contributed by atoms with Crippen LogP contribution in [0.4, 0.5) is 0 Å². The molecule has 1 heterocycles. The molecule has 0 saturated heterocycles. The van der Waals surface area contributed by atoms with E-state index in [-0.39, 0.29) is 0 Å². The minimum absolute atomic E-state index is 0.306. The van der Waals surface area contributed by atoms with Crippen molar-refractivity contribution >= 4 is 40.5 Å². The predicted molar refractivity (Wildman–Crippen MR) is 64.5 cm³/mol. The maximum Gasteiger partial charge on any atom is 0.171 e. The Hall–Kier alpha value is -0.950. The maximum atomic E-state index is 10.5. The highest BCUT2D eigenvalue weighted by molar-refractivity contribution is 14.1. The van der Waals surface area contributed by atoms with Gasteiger partial charge in [0, 0.05) is 8.59 Å². The van der Waals surface area contributed by atoms with Crippen LogP contribution >= 0.6 is 34.2 Å². The van der Waals surface area contributed by atoms with Gasteiger partial charge < -0.3 is 0 Å². The van der Waals surface area contributed by atoms with Gasteiger partial charge in [-0.1, -0.05) is 16.8 Å². The monoisotopic (exact) mass is 333 g/mol. The SMILES string of the molecule is O=Cc1cn(-c2ccc(Cl)cc2I)nn1. The highest BCUT2D eigenvalue weighted by Crippen LogP contribution is 2.20. The van der Waals surface area contributed by atoms with E-state index >= 15 is 0 Å². The summed E-state index contributed by atoms with van der Waals surface area (Å²) in [6.45, 7) is 0. The van der Waals surface area contributed by atoms with Crippen molar-refractivity contribution in [2.45, 2.75) is 0 Å². The van der Waals surface area contributed by atoms with Gasteiger partial charge in [-0.3, -0.25) is 4.79 Å². The Morgan fingerprint density at radius 2 is 2.27 bits per heavy atom. The summed E-state index contributed by atoms with van der Waals surface area (Å²) in [6.07, 6.45) is 2.23. The summed E-state index contributed by atoms with van der Waals surface area (Å²) < 4.78 is 2.49. The predicted octanol–water partition coefficient (Wildman–Crippen LogP) is 2.34. The largest absolute Gasteiger partial charge is 0.296 e. The Balaban J connectivity index is 2.49. The van der Waals surface area contributed by atoms with Crippen molar-refractivity contribution in [3.63, 3.8) is 0 Å². The normalized spacial score (nSPS) is 10.3. The molecule has 1 aromatic carbocycles. The van der Waals surface area contributed by atoms with Crippen LogP contribution in [0.15, 0.2) is 24.4 Å². The third-order valence-corrected chi connectivity index (χ3v) is 2.89. The van der Waals surface area contributed by atoms with Gasteiger partial charge in [0.2, 0.25) is 0 Å². The van der Waals surface area contributed by atoms with Gasteiger partial charge in [-0.2, -0.15) is 0 Å². The van der Waals surface area contributed by atoms with Crippen LogP contribution in [-0.2, 0) is 0 Å². The second-order valence-corrected chi connectivity index (χ2v) is 4.40. The second-order valence-electron chi connectivity index (χ2n) is 2.80. The van der Waals surface area contributed by atoms with E-state index < -0.39 is 0 Å². The van der Waals surface area contributed by atoms with Crippen molar-refractivity contribution in [2.75, 3.05) is 0 Å². The Morgan fingerprint density at radius 3 is 2.87 bits per heavy atom. The topological polar surface area (TPSA) is 47.8 Å². The summed E-state index contributed by atoms with van der Waals surface area (Å²) in [7, 11) is 0. The lowest BCUT2D eigenvalue weighted by Gasteiger charge is -2.02. The second kappa shape index (κ2) is 4.28. The number of carbonyl (C=O) groups is 1. The molecule has 0 aliphatic carbocycles. The van der Waals surface area contributed by atoms with Crippen molar-refractivity contribution in [3.8, 4) is 5.69 Å². The van der Waals surface area contributed by atoms with Crippen molar-refractivity contribution in [3.05, 3.63) is 38.7 Å². The number of halogens is 2. The first-order chi connectivity index (χ1) is 7.20. The number of carbonyl (C=O) groups excluding carboxylic acids is 1. The average molecular weight is 334 g/mol. The molecule has 0 saturated carbocycles. The Labute approximate surface area is 104 Å². The number of rotatable bonds is 2. The molecule has 0 unspecified atom stereocenters. The van der Waals surface area contributed by atoms with Gasteiger partial charge in [-0.25, -0.2) is 4.68 Å². The van der Waals surface area contributed by atoms with E-state index in [1.165, 1.54) is 0 Å². The molecule has 0 atom stereocenters. The van der Waals surface area contributed by atoms with Crippen LogP contribution in [0.5, 0.6) is 0 Å². The zero-order valence-corrected chi connectivity index (χ0v) is 10.3. The van der Waals surface area contributed by atoms with Gasteiger partial charge >= 0.3 is 0 Å². The lowest BCUT2D eigenvalue weighted by molar-refractivity contribution is 0.111. The fraction of sp³-hybridized carbons (Fsp3) is 0. The third-order valence-electron chi connectivity index (χ3n) is 1.79. The molecule has 2 rings (SSSR count). The Morgan fingerprint density at radius 1 is 1.47 bits per heavy atom. The lowest BCUT2D eigenvalue weighted by atomic mass is 10.3. The van der Waals surface area contributed by atoms with Gasteiger partial charge in [0.25, 0.3) is 0 Å². The Kier molecular flexibility index (Phi) is 3.01. The van der Waals surface area contributed by atoms with Crippen LogP contribution in [0.3, 0.4) is 0 Å². The molecule has 0 aliphatic heterocycles. The molecule has 15 heavy (non-hydrogen) atoms. The van der Waals surface area contributed by atoms with Crippen LogP contribution in [0.2, 0.25) is 5.02 Å². The van der Waals surface area contributed by atoms with Crippen molar-refractivity contribution in [2.24, 2.45) is 0 Å². The third kappa shape index (κ3) is 2.18. The minimum Gasteiger partial charge on any atom is -0.296 e. The minimum atomic E-state index is 0.306. The van der Waals surface area contributed by atoms with Crippen LogP contribution in [-0.4, -0.2) is 21.3 Å². The molecule has 0 radical (unpaired) electrons. The molecule has 0 amide bonds. The molecule has 1 aromatic heterocycles. The average Bonchev–Trinajstić information content (AvgIpc) is 2.66. The number of nitrogens with zero attached hydrogens (tertiary/aromatic N) is 3. The number of hydrogen-bond donors (Lipinski definition) is 0. The summed E-state index contributed by atoms with van der Waals surface area (Å²) in [5.74, 6) is 0. The number of aldehydes is 1. The molecule has 4 nitrogen and oxygen atoms in total. The maximum absolute atomic E-state index is 10.5. The quantitative estimate of drug-likeness (QED) is 0.626. The summed E-state index contributed by atoms with van der Waals surface area (Å²) in [4.78, 5) is 10.5. The standard InChI is InChI=1S/C9H5ClIN3O/c10-6-1-2-9(8(11)3-6)14-4-7(5-15)12-13-14/h1-5H. The van der Waals surface area contributed by atoms with Crippen LogP contribution in [0.25, 0.3) is 5.69 Å². The highest BCUT2D eigenvalue weighted by Gasteiger charge is 2.05. The van der Waals surface area contributed by atoms with Crippen LogP contribution in [0.1, 0.15) is 10.5 Å².